The van der Waals surface area contributed by atoms with Crippen LogP contribution in [0.3, 0.4) is 0 Å². The van der Waals surface area contributed by atoms with Crippen molar-refractivity contribution in [3.8, 4) is 5.75 Å². The molecular weight excluding hydrogens is 482 g/mol. The minimum absolute atomic E-state index is 0.000117. The molecule has 0 radical (unpaired) electrons. The van der Waals surface area contributed by atoms with Crippen LogP contribution in [0.5, 0.6) is 5.75 Å². The summed E-state index contributed by atoms with van der Waals surface area (Å²) in [6.07, 6.45) is 0.522. The van der Waals surface area contributed by atoms with Crippen molar-refractivity contribution in [1.82, 2.24) is 15.1 Å². The molecule has 0 spiro atoms. The summed E-state index contributed by atoms with van der Waals surface area (Å²) in [5.74, 6) is -0.382. The van der Waals surface area contributed by atoms with Crippen LogP contribution in [-0.4, -0.2) is 90.6 Å². The van der Waals surface area contributed by atoms with Crippen LogP contribution < -0.4 is 21.0 Å². The van der Waals surface area contributed by atoms with Crippen molar-refractivity contribution in [3.63, 3.8) is 0 Å². The van der Waals surface area contributed by atoms with E-state index in [9.17, 15) is 19.2 Å². The molecule has 0 bridgehead atoms. The van der Waals surface area contributed by atoms with Gasteiger partial charge in [-0.1, -0.05) is 29.1 Å². The van der Waals surface area contributed by atoms with Gasteiger partial charge < -0.3 is 19.3 Å². The van der Waals surface area contributed by atoms with Gasteiger partial charge in [-0.25, -0.2) is 0 Å². The lowest BCUT2D eigenvalue weighted by atomic mass is 9.57. The van der Waals surface area contributed by atoms with E-state index in [1.165, 1.54) is 4.90 Å². The summed E-state index contributed by atoms with van der Waals surface area (Å²) in [5.41, 5.74) is 5.47. The zero-order chi connectivity index (χ0) is 27.2. The van der Waals surface area contributed by atoms with Crippen molar-refractivity contribution >= 4 is 65.9 Å². The van der Waals surface area contributed by atoms with Gasteiger partial charge in [-0.3, -0.25) is 24.5 Å². The minimum atomic E-state index is -0.720. The summed E-state index contributed by atoms with van der Waals surface area (Å²) >= 11 is 0. The Balaban J connectivity index is 1.38. The summed E-state index contributed by atoms with van der Waals surface area (Å²) in [6, 6.07) is 8.94. The van der Waals surface area contributed by atoms with Crippen LogP contribution >= 0.6 is 0 Å². The molecule has 9 nitrogen and oxygen atoms in total. The van der Waals surface area contributed by atoms with Gasteiger partial charge in [0.1, 0.15) is 34.1 Å². The van der Waals surface area contributed by atoms with Gasteiger partial charge >= 0.3 is 0 Å². The van der Waals surface area contributed by atoms with E-state index in [1.807, 2.05) is 42.4 Å². The Kier molecular flexibility index (Phi) is 6.90. The number of nitrogens with zero attached hydrogens (tertiary/aromatic N) is 2. The van der Waals surface area contributed by atoms with E-state index in [0.717, 1.165) is 27.6 Å². The second-order valence-electron chi connectivity index (χ2n) is 10.8. The number of hydrogen-bond acceptors (Lipinski definition) is 6. The molecule has 2 aromatic carbocycles. The third-order valence-electron chi connectivity index (χ3n) is 7.68. The molecule has 1 N–H and O–H groups in total. The summed E-state index contributed by atoms with van der Waals surface area (Å²) in [6.45, 7) is 2.05. The third-order valence-corrected chi connectivity index (χ3v) is 7.68. The molecule has 5 rings (SSSR count). The second-order valence-corrected chi connectivity index (χ2v) is 10.8. The number of benzene rings is 2. The highest BCUT2D eigenvalue weighted by molar-refractivity contribution is 6.44. The summed E-state index contributed by atoms with van der Waals surface area (Å²) < 4.78 is 11.8. The van der Waals surface area contributed by atoms with Gasteiger partial charge in [-0.2, -0.15) is 0 Å². The molecule has 2 aromatic rings. The number of nitrogens with one attached hydrogen (secondary N) is 1. The number of imide groups is 1. The Morgan fingerprint density at radius 3 is 2.63 bits per heavy atom. The number of carbonyl (C=O) groups is 4. The summed E-state index contributed by atoms with van der Waals surface area (Å²) in [4.78, 5) is 52.8. The van der Waals surface area contributed by atoms with E-state index in [-0.39, 0.29) is 37.3 Å². The van der Waals surface area contributed by atoms with Crippen LogP contribution in [0.1, 0.15) is 39.9 Å². The van der Waals surface area contributed by atoms with Gasteiger partial charge in [0.15, 0.2) is 15.7 Å². The monoisotopic (exact) mass is 511 g/mol. The van der Waals surface area contributed by atoms with Crippen LogP contribution in [0.2, 0.25) is 0 Å². The fraction of sp³-hybridized carbons (Fsp3) is 0.360. The molecular formula is C25H29B4N3O6. The largest absolute Gasteiger partial charge is 0.501 e. The van der Waals surface area contributed by atoms with Crippen molar-refractivity contribution < 1.29 is 28.7 Å². The summed E-state index contributed by atoms with van der Waals surface area (Å²) in [5, 5.41) is 1.62. The number of hydrogen-bond donors (Lipinski definition) is 1. The smallest absolute Gasteiger partial charge is 0.255 e. The number of carbonyl (C=O) groups excluding carboxylic acids is 4. The maximum Gasteiger partial charge on any atom is 0.255 e. The quantitative estimate of drug-likeness (QED) is 0.312. The highest BCUT2D eigenvalue weighted by Gasteiger charge is 2.40. The third kappa shape index (κ3) is 4.87. The van der Waals surface area contributed by atoms with E-state index in [0.29, 0.717) is 37.4 Å². The lowest BCUT2D eigenvalue weighted by Gasteiger charge is -2.32. The number of ether oxygens (including phenoxy) is 2. The number of amides is 4. The maximum atomic E-state index is 13.2. The standard InChI is InChI=1S/C25H29B4N3O6/c26-17-9-16(18(27)8-13(17)10-31-6-7-37-12-22(31)34)25(28,29)38-20-3-1-2-14-15(20)11-32(24(14)36)19-4-5-21(33)30-23(19)35/h1-3,8-9,19H,4-7,10-12,26-29H2,(H,30,33,35). The van der Waals surface area contributed by atoms with E-state index in [4.69, 9.17) is 9.47 Å². The molecule has 0 aromatic heterocycles. The van der Waals surface area contributed by atoms with Crippen LogP contribution in [0.15, 0.2) is 30.3 Å². The Morgan fingerprint density at radius 1 is 1.11 bits per heavy atom. The maximum absolute atomic E-state index is 13.2. The molecule has 13 heteroatoms. The first-order chi connectivity index (χ1) is 18.0. The molecule has 1 unspecified atom stereocenters. The van der Waals surface area contributed by atoms with Crippen molar-refractivity contribution in [2.45, 2.75) is 37.4 Å². The Hall–Kier alpha value is -3.46. The zero-order valence-corrected chi connectivity index (χ0v) is 22.3. The van der Waals surface area contributed by atoms with Crippen LogP contribution in [0.25, 0.3) is 0 Å². The summed E-state index contributed by atoms with van der Waals surface area (Å²) in [7, 11) is 8.06. The zero-order valence-electron chi connectivity index (χ0n) is 22.3. The van der Waals surface area contributed by atoms with E-state index < -0.39 is 17.3 Å². The van der Waals surface area contributed by atoms with Crippen LogP contribution in [-0.2, 0) is 37.6 Å². The Labute approximate surface area is 225 Å². The van der Waals surface area contributed by atoms with Gasteiger partial charge in [-0.05, 0) is 29.7 Å². The van der Waals surface area contributed by atoms with Crippen LogP contribution in [0, 0.1) is 0 Å². The molecule has 1 atom stereocenters. The Morgan fingerprint density at radius 2 is 1.89 bits per heavy atom. The van der Waals surface area contributed by atoms with Crippen molar-refractivity contribution in [3.05, 3.63) is 52.6 Å². The number of morpholine rings is 1. The molecule has 2 fully saturated rings. The van der Waals surface area contributed by atoms with Crippen LogP contribution in [0.4, 0.5) is 0 Å². The first-order valence-electron chi connectivity index (χ1n) is 13.0. The first-order valence-corrected chi connectivity index (χ1v) is 13.0. The van der Waals surface area contributed by atoms with Gasteiger partial charge in [0.05, 0.1) is 18.6 Å². The van der Waals surface area contributed by atoms with Gasteiger partial charge in [0.2, 0.25) is 17.7 Å². The molecule has 3 aliphatic rings. The molecule has 38 heavy (non-hydrogen) atoms. The lowest BCUT2D eigenvalue weighted by molar-refractivity contribution is -0.143. The molecule has 192 valence electrons. The molecule has 0 aliphatic carbocycles. The fourth-order valence-electron chi connectivity index (χ4n) is 5.60. The van der Waals surface area contributed by atoms with E-state index in [1.54, 1.807) is 12.1 Å². The molecule has 3 heterocycles. The van der Waals surface area contributed by atoms with Gasteiger partial charge in [-0.15, -0.1) is 0 Å². The van der Waals surface area contributed by atoms with Gasteiger partial charge in [0, 0.05) is 30.6 Å². The lowest BCUT2D eigenvalue weighted by Crippen LogP contribution is -2.52. The fourth-order valence-corrected chi connectivity index (χ4v) is 5.60. The SMILES string of the molecule is Bc1cc(C(B)(B)Oc2cccc3c2CN(C2CCC(=O)NC2=O)C3=O)c(B)cc1CN1CCOCC1=O. The predicted octanol–water partition coefficient (Wildman–Crippen LogP) is -4.22. The van der Waals surface area contributed by atoms with E-state index >= 15 is 0 Å². The van der Waals surface area contributed by atoms with E-state index in [2.05, 4.69) is 17.4 Å². The highest BCUT2D eigenvalue weighted by atomic mass is 16.5. The number of rotatable bonds is 6. The second kappa shape index (κ2) is 10.0. The van der Waals surface area contributed by atoms with Crippen molar-refractivity contribution in [2.75, 3.05) is 19.8 Å². The van der Waals surface area contributed by atoms with Crippen molar-refractivity contribution in [2.24, 2.45) is 0 Å². The molecule has 3 aliphatic heterocycles. The Bertz CT molecular complexity index is 1350. The molecule has 0 saturated carbocycles. The first kappa shape index (κ1) is 26.2. The molecule has 4 amide bonds. The highest BCUT2D eigenvalue weighted by Crippen LogP contribution is 2.35. The average molecular weight is 511 g/mol. The van der Waals surface area contributed by atoms with Gasteiger partial charge in [0.25, 0.3) is 5.91 Å². The number of fused-ring (bicyclic) bond motifs is 1. The average Bonchev–Trinajstić information content (AvgIpc) is 3.19. The van der Waals surface area contributed by atoms with Crippen molar-refractivity contribution in [1.29, 1.82) is 0 Å². The predicted molar refractivity (Wildman–Crippen MR) is 151 cm³/mol. The topological polar surface area (TPSA) is 105 Å². The number of piperidine rings is 1. The molecule has 2 saturated heterocycles. The normalized spacial score (nSPS) is 19.9. The minimum Gasteiger partial charge on any atom is -0.501 e.